The minimum atomic E-state index is 0.146. The van der Waals surface area contributed by atoms with Crippen LogP contribution in [0.3, 0.4) is 0 Å². The Kier molecular flexibility index (Phi) is 3.87. The molecule has 1 amide bonds. The van der Waals surface area contributed by atoms with Crippen LogP contribution in [0.1, 0.15) is 25.1 Å². The molecule has 0 aromatic carbocycles. The molecule has 3 heterocycles. The summed E-state index contributed by atoms with van der Waals surface area (Å²) >= 11 is 5.94. The van der Waals surface area contributed by atoms with Crippen molar-refractivity contribution in [3.8, 4) is 0 Å². The topological polar surface area (TPSA) is 51.0 Å². The first-order valence-corrected chi connectivity index (χ1v) is 7.46. The van der Waals surface area contributed by atoms with E-state index in [0.717, 1.165) is 42.8 Å². The van der Waals surface area contributed by atoms with E-state index in [2.05, 4.69) is 9.97 Å². The molecule has 1 aliphatic rings. The van der Waals surface area contributed by atoms with E-state index in [-0.39, 0.29) is 5.91 Å². The smallest absolute Gasteiger partial charge is 0.242 e. The normalized spacial score (nSPS) is 15.8. The van der Waals surface area contributed by atoms with Gasteiger partial charge >= 0.3 is 0 Å². The predicted octanol–water partition coefficient (Wildman–Crippen LogP) is 2.18. The fourth-order valence-corrected chi connectivity index (χ4v) is 2.89. The van der Waals surface area contributed by atoms with Gasteiger partial charge in [-0.25, -0.2) is 4.98 Å². The van der Waals surface area contributed by atoms with Crippen LogP contribution in [0, 0.1) is 0 Å². The van der Waals surface area contributed by atoms with Gasteiger partial charge in [-0.05, 0) is 25.3 Å². The van der Waals surface area contributed by atoms with Gasteiger partial charge in [0.15, 0.2) is 0 Å². The zero-order valence-electron chi connectivity index (χ0n) is 11.3. The predicted molar refractivity (Wildman–Crippen MR) is 77.5 cm³/mol. The largest absolute Gasteiger partial charge is 0.341 e. The number of rotatable bonds is 3. The number of alkyl halides is 1. The fourth-order valence-electron chi connectivity index (χ4n) is 2.69. The number of hydrogen-bond acceptors (Lipinski definition) is 3. The molecule has 2 aromatic heterocycles. The average Bonchev–Trinajstić information content (AvgIpc) is 2.86. The third kappa shape index (κ3) is 2.50. The van der Waals surface area contributed by atoms with Crippen LogP contribution < -0.4 is 0 Å². The first kappa shape index (κ1) is 13.4. The molecular weight excluding hydrogens is 276 g/mol. The van der Waals surface area contributed by atoms with E-state index in [1.807, 2.05) is 15.5 Å². The van der Waals surface area contributed by atoms with E-state index in [1.54, 1.807) is 12.4 Å². The number of pyridine rings is 1. The van der Waals surface area contributed by atoms with E-state index in [1.165, 1.54) is 6.42 Å². The summed E-state index contributed by atoms with van der Waals surface area (Å²) in [6, 6.07) is 1.88. The minimum absolute atomic E-state index is 0.146. The second-order valence-electron chi connectivity index (χ2n) is 5.05. The van der Waals surface area contributed by atoms with Gasteiger partial charge in [0.25, 0.3) is 0 Å². The van der Waals surface area contributed by atoms with Crippen LogP contribution in [-0.2, 0) is 17.2 Å². The standard InChI is InChI=1S/C14H17ClN4O/c15-8-13-17-11-9-16-5-4-12(11)19(13)10-14(20)18-6-2-1-3-7-18/h4-5,9H,1-3,6-8,10H2. The highest BCUT2D eigenvalue weighted by atomic mass is 35.5. The Morgan fingerprint density at radius 3 is 2.85 bits per heavy atom. The molecule has 0 saturated carbocycles. The quantitative estimate of drug-likeness (QED) is 0.815. The van der Waals surface area contributed by atoms with Crippen molar-refractivity contribution < 1.29 is 4.79 Å². The van der Waals surface area contributed by atoms with Crippen molar-refractivity contribution in [2.45, 2.75) is 31.7 Å². The monoisotopic (exact) mass is 292 g/mol. The molecule has 1 aliphatic heterocycles. The molecule has 0 spiro atoms. The highest BCUT2D eigenvalue weighted by Gasteiger charge is 2.19. The van der Waals surface area contributed by atoms with Crippen LogP contribution in [0.15, 0.2) is 18.5 Å². The van der Waals surface area contributed by atoms with Crippen LogP contribution in [0.25, 0.3) is 11.0 Å². The molecule has 106 valence electrons. The number of hydrogen-bond donors (Lipinski definition) is 0. The number of nitrogens with zero attached hydrogens (tertiary/aromatic N) is 4. The van der Waals surface area contributed by atoms with E-state index in [9.17, 15) is 4.79 Å². The van der Waals surface area contributed by atoms with Gasteiger partial charge in [-0.15, -0.1) is 11.6 Å². The van der Waals surface area contributed by atoms with Crippen molar-refractivity contribution in [3.05, 3.63) is 24.3 Å². The first-order valence-electron chi connectivity index (χ1n) is 6.92. The zero-order chi connectivity index (χ0) is 13.9. The van der Waals surface area contributed by atoms with Crippen molar-refractivity contribution >= 4 is 28.5 Å². The van der Waals surface area contributed by atoms with Gasteiger partial charge in [0.05, 0.1) is 17.6 Å². The lowest BCUT2D eigenvalue weighted by Crippen LogP contribution is -2.38. The van der Waals surface area contributed by atoms with Crippen molar-refractivity contribution in [1.82, 2.24) is 19.4 Å². The summed E-state index contributed by atoms with van der Waals surface area (Å²) < 4.78 is 1.90. The third-order valence-electron chi connectivity index (χ3n) is 3.75. The first-order chi connectivity index (χ1) is 9.79. The highest BCUT2D eigenvalue weighted by Crippen LogP contribution is 2.17. The lowest BCUT2D eigenvalue weighted by Gasteiger charge is -2.27. The number of fused-ring (bicyclic) bond motifs is 1. The van der Waals surface area contributed by atoms with Gasteiger partial charge < -0.3 is 9.47 Å². The van der Waals surface area contributed by atoms with Gasteiger partial charge in [-0.1, -0.05) is 0 Å². The van der Waals surface area contributed by atoms with Gasteiger partial charge in [0.2, 0.25) is 5.91 Å². The third-order valence-corrected chi connectivity index (χ3v) is 3.99. The highest BCUT2D eigenvalue weighted by molar-refractivity contribution is 6.16. The van der Waals surface area contributed by atoms with E-state index in [4.69, 9.17) is 11.6 Å². The molecule has 3 rings (SSSR count). The molecule has 0 N–H and O–H groups in total. The summed E-state index contributed by atoms with van der Waals surface area (Å²) in [6.45, 7) is 2.04. The van der Waals surface area contributed by atoms with Crippen molar-refractivity contribution in [2.24, 2.45) is 0 Å². The number of amides is 1. The Morgan fingerprint density at radius 2 is 2.10 bits per heavy atom. The zero-order valence-corrected chi connectivity index (χ0v) is 12.0. The van der Waals surface area contributed by atoms with E-state index in [0.29, 0.717) is 12.4 Å². The Morgan fingerprint density at radius 1 is 1.30 bits per heavy atom. The molecule has 6 heteroatoms. The molecule has 1 fully saturated rings. The van der Waals surface area contributed by atoms with Gasteiger partial charge in [-0.3, -0.25) is 9.78 Å². The number of carbonyl (C=O) groups is 1. The molecule has 0 bridgehead atoms. The van der Waals surface area contributed by atoms with Crippen molar-refractivity contribution in [1.29, 1.82) is 0 Å². The number of carbonyl (C=O) groups excluding carboxylic acids is 1. The molecule has 0 unspecified atom stereocenters. The Bertz CT molecular complexity index is 619. The second-order valence-corrected chi connectivity index (χ2v) is 5.32. The summed E-state index contributed by atoms with van der Waals surface area (Å²) in [5.74, 6) is 1.16. The lowest BCUT2D eigenvalue weighted by molar-refractivity contribution is -0.132. The van der Waals surface area contributed by atoms with Crippen molar-refractivity contribution in [3.63, 3.8) is 0 Å². The molecular formula is C14H17ClN4O. The molecule has 20 heavy (non-hydrogen) atoms. The number of aromatic nitrogens is 3. The molecule has 0 atom stereocenters. The van der Waals surface area contributed by atoms with Crippen LogP contribution in [0.4, 0.5) is 0 Å². The van der Waals surface area contributed by atoms with Crippen LogP contribution in [-0.4, -0.2) is 38.4 Å². The summed E-state index contributed by atoms with van der Waals surface area (Å²) in [4.78, 5) is 22.8. The number of piperidine rings is 1. The summed E-state index contributed by atoms with van der Waals surface area (Å²) in [5.41, 5.74) is 1.70. The van der Waals surface area contributed by atoms with E-state index < -0.39 is 0 Å². The summed E-state index contributed by atoms with van der Waals surface area (Å²) in [7, 11) is 0. The number of imidazole rings is 1. The molecule has 1 saturated heterocycles. The SMILES string of the molecule is O=C(Cn1c(CCl)nc2cnccc21)N1CCCCC1. The molecule has 5 nitrogen and oxygen atoms in total. The lowest BCUT2D eigenvalue weighted by atomic mass is 10.1. The summed E-state index contributed by atoms with van der Waals surface area (Å²) in [5, 5.41) is 0. The van der Waals surface area contributed by atoms with Crippen LogP contribution in [0.5, 0.6) is 0 Å². The van der Waals surface area contributed by atoms with Gasteiger partial charge in [0, 0.05) is 19.3 Å². The molecule has 0 radical (unpaired) electrons. The second kappa shape index (κ2) is 5.79. The van der Waals surface area contributed by atoms with Crippen molar-refractivity contribution in [2.75, 3.05) is 13.1 Å². The number of likely N-dealkylation sites (tertiary alicyclic amines) is 1. The average molecular weight is 293 g/mol. The number of halogens is 1. The maximum absolute atomic E-state index is 12.4. The maximum Gasteiger partial charge on any atom is 0.242 e. The maximum atomic E-state index is 12.4. The molecule has 2 aromatic rings. The van der Waals surface area contributed by atoms with Gasteiger partial charge in [0.1, 0.15) is 17.9 Å². The van der Waals surface area contributed by atoms with Crippen LogP contribution in [0.2, 0.25) is 0 Å². The van der Waals surface area contributed by atoms with Gasteiger partial charge in [-0.2, -0.15) is 0 Å². The Labute approximate surface area is 122 Å². The van der Waals surface area contributed by atoms with E-state index >= 15 is 0 Å². The van der Waals surface area contributed by atoms with Crippen LogP contribution >= 0.6 is 11.6 Å². The summed E-state index contributed by atoms with van der Waals surface area (Å²) in [6.07, 6.45) is 6.83. The Hall–Kier alpha value is -1.62. The fraction of sp³-hybridized carbons (Fsp3) is 0.500. The molecule has 0 aliphatic carbocycles. The minimum Gasteiger partial charge on any atom is -0.341 e. The Balaban J connectivity index is 1.87.